The highest BCUT2D eigenvalue weighted by atomic mass is 32.2. The van der Waals surface area contributed by atoms with Gasteiger partial charge in [-0.05, 0) is 25.0 Å². The average molecular weight is 311 g/mol. The molecule has 0 saturated carbocycles. The molecule has 0 heterocycles. The lowest BCUT2D eigenvalue weighted by molar-refractivity contribution is -0.137. The molecule has 0 radical (unpaired) electrons. The Kier molecular flexibility index (Phi) is 6.61. The Morgan fingerprint density at radius 2 is 1.81 bits per heavy atom. The molecule has 0 aliphatic heterocycles. The Bertz CT molecular complexity index is 608. The third-order valence-corrected chi connectivity index (χ3v) is 4.01. The van der Waals surface area contributed by atoms with E-state index in [1.807, 2.05) is 0 Å². The van der Waals surface area contributed by atoms with Crippen LogP contribution in [-0.4, -0.2) is 31.9 Å². The monoisotopic (exact) mass is 311 g/mol. The molecule has 0 spiro atoms. The maximum atomic E-state index is 11.9. The smallest absolute Gasteiger partial charge is 0.303 e. The SMILES string of the molecule is O=C(O)CCCCNC(=O)C=CS(=O)(=O)c1ccccc1. The van der Waals surface area contributed by atoms with Crippen molar-refractivity contribution in [1.29, 1.82) is 0 Å². The topological polar surface area (TPSA) is 101 Å². The zero-order valence-corrected chi connectivity index (χ0v) is 12.2. The van der Waals surface area contributed by atoms with Gasteiger partial charge < -0.3 is 10.4 Å². The van der Waals surface area contributed by atoms with Crippen molar-refractivity contribution in [2.75, 3.05) is 6.54 Å². The van der Waals surface area contributed by atoms with E-state index in [2.05, 4.69) is 5.32 Å². The molecule has 0 saturated heterocycles. The minimum absolute atomic E-state index is 0.0497. The molecule has 114 valence electrons. The number of sulfone groups is 1. The van der Waals surface area contributed by atoms with Crippen molar-refractivity contribution in [1.82, 2.24) is 5.32 Å². The first-order valence-electron chi connectivity index (χ1n) is 6.39. The first kappa shape index (κ1) is 16.9. The van der Waals surface area contributed by atoms with E-state index in [4.69, 9.17) is 5.11 Å². The van der Waals surface area contributed by atoms with Gasteiger partial charge in [0.2, 0.25) is 5.91 Å². The van der Waals surface area contributed by atoms with E-state index >= 15 is 0 Å². The highest BCUT2D eigenvalue weighted by molar-refractivity contribution is 7.94. The summed E-state index contributed by atoms with van der Waals surface area (Å²) >= 11 is 0. The summed E-state index contributed by atoms with van der Waals surface area (Å²) in [6, 6.07) is 7.80. The van der Waals surface area contributed by atoms with Crippen molar-refractivity contribution in [2.24, 2.45) is 0 Å². The fraction of sp³-hybridized carbons (Fsp3) is 0.286. The molecule has 1 aromatic rings. The van der Waals surface area contributed by atoms with E-state index in [0.717, 1.165) is 11.5 Å². The molecule has 0 bridgehead atoms. The molecule has 21 heavy (non-hydrogen) atoms. The molecule has 0 aliphatic carbocycles. The number of hydrogen-bond acceptors (Lipinski definition) is 4. The summed E-state index contributed by atoms with van der Waals surface area (Å²) in [4.78, 5) is 21.8. The predicted molar refractivity (Wildman–Crippen MR) is 77.3 cm³/mol. The Morgan fingerprint density at radius 1 is 1.14 bits per heavy atom. The van der Waals surface area contributed by atoms with Crippen LogP contribution in [0.3, 0.4) is 0 Å². The summed E-state index contributed by atoms with van der Waals surface area (Å²) in [7, 11) is -3.62. The van der Waals surface area contributed by atoms with Crippen LogP contribution in [0.1, 0.15) is 19.3 Å². The van der Waals surface area contributed by atoms with Gasteiger partial charge >= 0.3 is 5.97 Å². The molecule has 1 rings (SSSR count). The fourth-order valence-corrected chi connectivity index (χ4v) is 2.51. The van der Waals surface area contributed by atoms with Gasteiger partial charge in [0, 0.05) is 24.4 Å². The summed E-state index contributed by atoms with van der Waals surface area (Å²) in [6.07, 6.45) is 1.99. The van der Waals surface area contributed by atoms with Crippen LogP contribution in [-0.2, 0) is 19.4 Å². The number of unbranched alkanes of at least 4 members (excludes halogenated alkanes) is 1. The minimum atomic E-state index is -3.62. The molecule has 0 unspecified atom stereocenters. The first-order valence-corrected chi connectivity index (χ1v) is 7.94. The van der Waals surface area contributed by atoms with Gasteiger partial charge in [-0.15, -0.1) is 0 Å². The number of hydrogen-bond donors (Lipinski definition) is 2. The molecule has 0 fully saturated rings. The molecule has 0 aromatic heterocycles. The van der Waals surface area contributed by atoms with Crippen LogP contribution in [0, 0.1) is 0 Å². The van der Waals surface area contributed by atoms with Gasteiger partial charge in [0.15, 0.2) is 9.84 Å². The van der Waals surface area contributed by atoms with Crippen molar-refractivity contribution in [3.8, 4) is 0 Å². The zero-order valence-electron chi connectivity index (χ0n) is 11.4. The van der Waals surface area contributed by atoms with E-state index in [9.17, 15) is 18.0 Å². The van der Waals surface area contributed by atoms with Crippen LogP contribution >= 0.6 is 0 Å². The number of benzene rings is 1. The number of carboxylic acid groups (broad SMARTS) is 1. The van der Waals surface area contributed by atoms with Crippen LogP contribution in [0.4, 0.5) is 0 Å². The van der Waals surface area contributed by atoms with E-state index < -0.39 is 21.7 Å². The Balaban J connectivity index is 2.42. The van der Waals surface area contributed by atoms with Gasteiger partial charge in [-0.1, -0.05) is 18.2 Å². The van der Waals surface area contributed by atoms with Crippen LogP contribution < -0.4 is 5.32 Å². The Morgan fingerprint density at radius 3 is 2.43 bits per heavy atom. The van der Waals surface area contributed by atoms with Gasteiger partial charge in [0.1, 0.15) is 0 Å². The number of carbonyl (C=O) groups is 2. The van der Waals surface area contributed by atoms with Crippen molar-refractivity contribution < 1.29 is 23.1 Å². The van der Waals surface area contributed by atoms with Gasteiger partial charge in [0.25, 0.3) is 0 Å². The number of carbonyl (C=O) groups excluding carboxylic acids is 1. The van der Waals surface area contributed by atoms with Gasteiger partial charge in [-0.2, -0.15) is 0 Å². The molecule has 1 aromatic carbocycles. The third kappa shape index (κ3) is 6.71. The number of nitrogens with one attached hydrogen (secondary N) is 1. The minimum Gasteiger partial charge on any atom is -0.481 e. The van der Waals surface area contributed by atoms with Crippen LogP contribution in [0.15, 0.2) is 46.7 Å². The lowest BCUT2D eigenvalue weighted by atomic mass is 10.2. The standard InChI is InChI=1S/C14H17NO5S/c16-13(15-10-5-4-8-14(17)18)9-11-21(19,20)12-6-2-1-3-7-12/h1-3,6-7,9,11H,4-5,8,10H2,(H,15,16)(H,17,18). The van der Waals surface area contributed by atoms with Crippen molar-refractivity contribution >= 4 is 21.7 Å². The molecule has 7 heteroatoms. The molecule has 6 nitrogen and oxygen atoms in total. The van der Waals surface area contributed by atoms with E-state index in [1.54, 1.807) is 18.2 Å². The largest absolute Gasteiger partial charge is 0.481 e. The van der Waals surface area contributed by atoms with Crippen LogP contribution in [0.5, 0.6) is 0 Å². The summed E-state index contributed by atoms with van der Waals surface area (Å²) in [5.74, 6) is -1.40. The van der Waals surface area contributed by atoms with Gasteiger partial charge in [-0.25, -0.2) is 8.42 Å². The molecule has 0 atom stereocenters. The fourth-order valence-electron chi connectivity index (χ4n) is 1.51. The number of amides is 1. The van der Waals surface area contributed by atoms with Crippen LogP contribution in [0.2, 0.25) is 0 Å². The average Bonchev–Trinajstić information content (AvgIpc) is 2.45. The Hall–Kier alpha value is -2.15. The number of carboxylic acids is 1. The lowest BCUT2D eigenvalue weighted by Gasteiger charge is -2.01. The van der Waals surface area contributed by atoms with Gasteiger partial charge in [-0.3, -0.25) is 9.59 Å². The summed E-state index contributed by atoms with van der Waals surface area (Å²) in [5, 5.41) is 11.8. The normalized spacial score (nSPS) is 11.4. The second kappa shape index (κ2) is 8.21. The quantitative estimate of drug-likeness (QED) is 0.557. The van der Waals surface area contributed by atoms with Crippen LogP contribution in [0.25, 0.3) is 0 Å². The summed E-state index contributed by atoms with van der Waals surface area (Å²) in [6.45, 7) is 0.307. The number of aliphatic carboxylic acids is 1. The van der Waals surface area contributed by atoms with Crippen molar-refractivity contribution in [2.45, 2.75) is 24.2 Å². The van der Waals surface area contributed by atoms with E-state index in [-0.39, 0.29) is 11.3 Å². The maximum absolute atomic E-state index is 11.9. The third-order valence-electron chi connectivity index (χ3n) is 2.59. The van der Waals surface area contributed by atoms with Gasteiger partial charge in [0.05, 0.1) is 4.90 Å². The highest BCUT2D eigenvalue weighted by Gasteiger charge is 2.09. The zero-order chi connectivity index (χ0) is 15.7. The highest BCUT2D eigenvalue weighted by Crippen LogP contribution is 2.10. The second-order valence-corrected chi connectivity index (χ2v) is 6.14. The number of rotatable bonds is 8. The van der Waals surface area contributed by atoms with Crippen molar-refractivity contribution in [3.63, 3.8) is 0 Å². The molecule has 1 amide bonds. The lowest BCUT2D eigenvalue weighted by Crippen LogP contribution is -2.22. The van der Waals surface area contributed by atoms with Crippen molar-refractivity contribution in [3.05, 3.63) is 41.8 Å². The Labute approximate surface area is 123 Å². The maximum Gasteiger partial charge on any atom is 0.303 e. The second-order valence-electron chi connectivity index (χ2n) is 4.30. The van der Waals surface area contributed by atoms with E-state index in [1.165, 1.54) is 12.1 Å². The molecule has 2 N–H and O–H groups in total. The summed E-state index contributed by atoms with van der Waals surface area (Å²) < 4.78 is 23.7. The molecule has 0 aliphatic rings. The molecular weight excluding hydrogens is 294 g/mol. The van der Waals surface area contributed by atoms with E-state index in [0.29, 0.717) is 19.4 Å². The summed E-state index contributed by atoms with van der Waals surface area (Å²) in [5.41, 5.74) is 0. The predicted octanol–water partition coefficient (Wildman–Crippen LogP) is 1.35. The first-order chi connectivity index (χ1) is 9.92. The molecular formula is C14H17NO5S.